The highest BCUT2D eigenvalue weighted by molar-refractivity contribution is 5.28. The van der Waals surface area contributed by atoms with Crippen LogP contribution >= 0.6 is 0 Å². The molecular weight excluding hydrogens is 240 g/mol. The molecule has 1 aliphatic heterocycles. The number of likely N-dealkylation sites (N-methyl/N-ethyl adjacent to an activating group) is 1. The van der Waals surface area contributed by atoms with Gasteiger partial charge in [-0.2, -0.15) is 0 Å². The van der Waals surface area contributed by atoms with Gasteiger partial charge in [0.2, 0.25) is 5.95 Å². The van der Waals surface area contributed by atoms with E-state index in [2.05, 4.69) is 39.9 Å². The molecule has 1 fully saturated rings. The Hall–Kier alpha value is -1.07. The second kappa shape index (κ2) is 6.91. The number of hydrogen-bond donors (Lipinski definition) is 1. The highest BCUT2D eigenvalue weighted by Crippen LogP contribution is 2.13. The average Bonchev–Trinajstić information content (AvgIpc) is 2.70. The molecule has 1 N–H and O–H groups in total. The molecule has 5 heteroatoms. The number of hydrogen-bond acceptors (Lipinski definition) is 4. The number of rotatable bonds is 6. The molecule has 0 bridgehead atoms. The number of ether oxygens (including phenoxy) is 1. The molecule has 0 radical (unpaired) electrons. The molecule has 0 aliphatic carbocycles. The number of nitrogens with zero attached hydrogens (tertiary/aromatic N) is 3. The summed E-state index contributed by atoms with van der Waals surface area (Å²) >= 11 is 0. The number of unbranched alkanes of at least 4 members (excludes halogenated alkanes) is 1. The Bertz CT molecular complexity index is 391. The number of morpholine rings is 1. The zero-order valence-corrected chi connectivity index (χ0v) is 12.4. The monoisotopic (exact) mass is 266 g/mol. The Balaban J connectivity index is 1.94. The number of anilines is 1. The zero-order chi connectivity index (χ0) is 13.7. The smallest absolute Gasteiger partial charge is 0.203 e. The lowest BCUT2D eigenvalue weighted by molar-refractivity contribution is -0.0272. The van der Waals surface area contributed by atoms with Crippen LogP contribution in [0.25, 0.3) is 0 Å². The first-order chi connectivity index (χ1) is 9.19. The maximum absolute atomic E-state index is 5.82. The minimum absolute atomic E-state index is 0.263. The standard InChI is InChI=1S/C14H26N4O/c1-4-5-6-15-14-16-12(2)9-18(14)11-13-10-17(3)7-8-19-13/h9,13H,4-8,10-11H2,1-3H3,(H,15,16). The lowest BCUT2D eigenvalue weighted by Crippen LogP contribution is -2.42. The van der Waals surface area contributed by atoms with Gasteiger partial charge in [-0.1, -0.05) is 13.3 Å². The van der Waals surface area contributed by atoms with Crippen molar-refractivity contribution >= 4 is 5.95 Å². The molecule has 0 amide bonds. The van der Waals surface area contributed by atoms with E-state index in [1.165, 1.54) is 12.8 Å². The van der Waals surface area contributed by atoms with Gasteiger partial charge in [0.15, 0.2) is 0 Å². The summed E-state index contributed by atoms with van der Waals surface area (Å²) in [6.07, 6.45) is 4.74. The first-order valence-electron chi connectivity index (χ1n) is 7.27. The van der Waals surface area contributed by atoms with Crippen LogP contribution < -0.4 is 5.32 Å². The van der Waals surface area contributed by atoms with E-state index in [4.69, 9.17) is 4.74 Å². The minimum atomic E-state index is 0.263. The highest BCUT2D eigenvalue weighted by atomic mass is 16.5. The molecule has 1 aromatic rings. The normalized spacial score (nSPS) is 20.7. The van der Waals surface area contributed by atoms with Crippen LogP contribution in [0.3, 0.4) is 0 Å². The van der Waals surface area contributed by atoms with Crippen molar-refractivity contribution < 1.29 is 4.74 Å². The van der Waals surface area contributed by atoms with Gasteiger partial charge < -0.3 is 19.5 Å². The summed E-state index contributed by atoms with van der Waals surface area (Å²) in [6.45, 7) is 8.94. The zero-order valence-electron chi connectivity index (χ0n) is 12.4. The number of imidazole rings is 1. The maximum Gasteiger partial charge on any atom is 0.203 e. The van der Waals surface area contributed by atoms with Gasteiger partial charge in [0.1, 0.15) is 0 Å². The van der Waals surface area contributed by atoms with E-state index in [1.807, 2.05) is 6.92 Å². The van der Waals surface area contributed by atoms with E-state index < -0.39 is 0 Å². The van der Waals surface area contributed by atoms with Gasteiger partial charge >= 0.3 is 0 Å². The Morgan fingerprint density at radius 2 is 2.37 bits per heavy atom. The van der Waals surface area contributed by atoms with Crippen LogP contribution in [-0.4, -0.2) is 53.8 Å². The Morgan fingerprint density at radius 1 is 1.53 bits per heavy atom. The fourth-order valence-electron chi connectivity index (χ4n) is 2.40. The predicted molar refractivity (Wildman–Crippen MR) is 77.6 cm³/mol. The van der Waals surface area contributed by atoms with Crippen LogP contribution in [0, 0.1) is 6.92 Å². The van der Waals surface area contributed by atoms with Crippen LogP contribution in [0.1, 0.15) is 25.5 Å². The second-order valence-corrected chi connectivity index (χ2v) is 5.39. The second-order valence-electron chi connectivity index (χ2n) is 5.39. The molecule has 19 heavy (non-hydrogen) atoms. The van der Waals surface area contributed by atoms with Crippen LogP contribution in [-0.2, 0) is 11.3 Å². The Morgan fingerprint density at radius 3 is 3.11 bits per heavy atom. The van der Waals surface area contributed by atoms with E-state index in [1.54, 1.807) is 0 Å². The first kappa shape index (κ1) is 14.3. The van der Waals surface area contributed by atoms with Gasteiger partial charge in [-0.3, -0.25) is 0 Å². The van der Waals surface area contributed by atoms with Gasteiger partial charge in [0.05, 0.1) is 24.9 Å². The molecule has 1 aliphatic rings. The van der Waals surface area contributed by atoms with Crippen LogP contribution in [0.15, 0.2) is 6.20 Å². The summed E-state index contributed by atoms with van der Waals surface area (Å²) in [7, 11) is 2.15. The largest absolute Gasteiger partial charge is 0.374 e. The van der Waals surface area contributed by atoms with Crippen molar-refractivity contribution in [2.75, 3.05) is 38.6 Å². The SMILES string of the molecule is CCCCNc1nc(C)cn1CC1CN(C)CCO1. The summed E-state index contributed by atoms with van der Waals surface area (Å²) in [4.78, 5) is 6.87. The number of nitrogens with one attached hydrogen (secondary N) is 1. The molecule has 0 spiro atoms. The fraction of sp³-hybridized carbons (Fsp3) is 0.786. The summed E-state index contributed by atoms with van der Waals surface area (Å²) in [5.74, 6) is 0.975. The van der Waals surface area contributed by atoms with Crippen molar-refractivity contribution in [2.45, 2.75) is 39.3 Å². The number of aryl methyl sites for hydroxylation is 1. The molecule has 108 valence electrons. The van der Waals surface area contributed by atoms with E-state index in [0.717, 1.165) is 44.4 Å². The molecule has 1 atom stereocenters. The summed E-state index contributed by atoms with van der Waals surface area (Å²) in [5.41, 5.74) is 1.06. The van der Waals surface area contributed by atoms with Crippen molar-refractivity contribution in [1.82, 2.24) is 14.5 Å². The van der Waals surface area contributed by atoms with Gasteiger partial charge in [-0.05, 0) is 20.4 Å². The van der Waals surface area contributed by atoms with E-state index in [0.29, 0.717) is 0 Å². The topological polar surface area (TPSA) is 42.3 Å². The van der Waals surface area contributed by atoms with Crippen molar-refractivity contribution in [3.63, 3.8) is 0 Å². The van der Waals surface area contributed by atoms with Crippen LogP contribution in [0.2, 0.25) is 0 Å². The van der Waals surface area contributed by atoms with E-state index >= 15 is 0 Å². The van der Waals surface area contributed by atoms with Crippen molar-refractivity contribution in [1.29, 1.82) is 0 Å². The Labute approximate surface area is 116 Å². The lowest BCUT2D eigenvalue weighted by atomic mass is 10.3. The molecule has 1 aromatic heterocycles. The molecule has 0 saturated carbocycles. The molecule has 2 heterocycles. The summed E-state index contributed by atoms with van der Waals surface area (Å²) in [6, 6.07) is 0. The highest BCUT2D eigenvalue weighted by Gasteiger charge is 2.19. The molecule has 5 nitrogen and oxygen atoms in total. The van der Waals surface area contributed by atoms with Gasteiger partial charge in [0.25, 0.3) is 0 Å². The van der Waals surface area contributed by atoms with Crippen LogP contribution in [0.4, 0.5) is 5.95 Å². The predicted octanol–water partition coefficient (Wildman–Crippen LogP) is 1.73. The molecule has 1 saturated heterocycles. The maximum atomic E-state index is 5.82. The van der Waals surface area contributed by atoms with Crippen LogP contribution in [0.5, 0.6) is 0 Å². The number of aromatic nitrogens is 2. The molecule has 2 rings (SSSR count). The van der Waals surface area contributed by atoms with Gasteiger partial charge in [-0.15, -0.1) is 0 Å². The molecule has 1 unspecified atom stereocenters. The van der Waals surface area contributed by atoms with E-state index in [9.17, 15) is 0 Å². The minimum Gasteiger partial charge on any atom is -0.374 e. The van der Waals surface area contributed by atoms with Gasteiger partial charge in [-0.25, -0.2) is 4.98 Å². The summed E-state index contributed by atoms with van der Waals surface area (Å²) < 4.78 is 8.01. The Kier molecular flexibility index (Phi) is 5.22. The third-order valence-corrected chi connectivity index (χ3v) is 3.45. The van der Waals surface area contributed by atoms with E-state index in [-0.39, 0.29) is 6.10 Å². The van der Waals surface area contributed by atoms with Crippen molar-refractivity contribution in [3.05, 3.63) is 11.9 Å². The van der Waals surface area contributed by atoms with Gasteiger partial charge in [0, 0.05) is 25.8 Å². The first-order valence-corrected chi connectivity index (χ1v) is 7.27. The molecule has 0 aromatic carbocycles. The third kappa shape index (κ3) is 4.21. The van der Waals surface area contributed by atoms with Crippen molar-refractivity contribution in [3.8, 4) is 0 Å². The average molecular weight is 266 g/mol. The molecular formula is C14H26N4O. The third-order valence-electron chi connectivity index (χ3n) is 3.45. The van der Waals surface area contributed by atoms with Crippen molar-refractivity contribution in [2.24, 2.45) is 0 Å². The quantitative estimate of drug-likeness (QED) is 0.796. The fourth-order valence-corrected chi connectivity index (χ4v) is 2.40. The lowest BCUT2D eigenvalue weighted by Gasteiger charge is -2.30. The summed E-state index contributed by atoms with van der Waals surface area (Å²) in [5, 5.41) is 3.42.